The minimum absolute atomic E-state index is 0.00557. The van der Waals surface area contributed by atoms with E-state index in [9.17, 15) is 13.2 Å². The van der Waals surface area contributed by atoms with Gasteiger partial charge in [0.05, 0.1) is 10.6 Å². The number of hydrogen-bond acceptors (Lipinski definition) is 2. The number of ether oxygens (including phenoxy) is 1. The van der Waals surface area contributed by atoms with Gasteiger partial charge in [-0.15, -0.1) is 0 Å². The molecule has 2 rings (SSSR count). The zero-order chi connectivity index (χ0) is 15.5. The van der Waals surface area contributed by atoms with Crippen LogP contribution in [0.3, 0.4) is 0 Å². The van der Waals surface area contributed by atoms with E-state index in [0.717, 1.165) is 17.7 Å². The van der Waals surface area contributed by atoms with Crippen molar-refractivity contribution in [2.24, 2.45) is 5.73 Å². The van der Waals surface area contributed by atoms with Crippen LogP contribution in [0.5, 0.6) is 5.75 Å². The normalized spacial score (nSPS) is 11.5. The van der Waals surface area contributed by atoms with Crippen LogP contribution in [0.15, 0.2) is 42.5 Å². The van der Waals surface area contributed by atoms with E-state index in [1.165, 1.54) is 6.07 Å². The van der Waals surface area contributed by atoms with E-state index in [4.69, 9.17) is 22.1 Å². The molecule has 0 bridgehead atoms. The molecule has 0 fully saturated rings. The molecule has 0 aliphatic carbocycles. The number of halogens is 4. The van der Waals surface area contributed by atoms with Crippen molar-refractivity contribution < 1.29 is 17.9 Å². The molecular formula is C15H13ClF3NO. The third-order valence-corrected chi connectivity index (χ3v) is 3.18. The van der Waals surface area contributed by atoms with Gasteiger partial charge in [0.1, 0.15) is 12.4 Å². The summed E-state index contributed by atoms with van der Waals surface area (Å²) in [4.78, 5) is 0. The lowest BCUT2D eigenvalue weighted by atomic mass is 10.1. The van der Waals surface area contributed by atoms with Gasteiger partial charge >= 0.3 is 6.18 Å². The molecule has 0 unspecified atom stereocenters. The number of nitrogens with two attached hydrogens (primary N) is 1. The zero-order valence-electron chi connectivity index (χ0n) is 11.0. The molecule has 0 amide bonds. The van der Waals surface area contributed by atoms with Gasteiger partial charge in [0, 0.05) is 6.54 Å². The molecule has 0 aliphatic rings. The average Bonchev–Trinajstić information content (AvgIpc) is 2.45. The maximum absolute atomic E-state index is 12.6. The van der Waals surface area contributed by atoms with Crippen molar-refractivity contribution in [1.82, 2.24) is 0 Å². The third kappa shape index (κ3) is 4.12. The molecule has 0 aliphatic heterocycles. The van der Waals surface area contributed by atoms with Crippen molar-refractivity contribution >= 4 is 11.6 Å². The van der Waals surface area contributed by atoms with Gasteiger partial charge in [-0.2, -0.15) is 13.2 Å². The first kappa shape index (κ1) is 15.7. The predicted molar refractivity (Wildman–Crippen MR) is 75.1 cm³/mol. The van der Waals surface area contributed by atoms with Crippen LogP contribution in [0, 0.1) is 0 Å². The van der Waals surface area contributed by atoms with Crippen LogP contribution in [0.25, 0.3) is 0 Å². The van der Waals surface area contributed by atoms with Gasteiger partial charge in [0.25, 0.3) is 0 Å². The Morgan fingerprint density at radius 3 is 2.43 bits per heavy atom. The van der Waals surface area contributed by atoms with E-state index in [1.54, 1.807) is 24.3 Å². The molecule has 2 nitrogen and oxygen atoms in total. The second-order valence-electron chi connectivity index (χ2n) is 4.46. The summed E-state index contributed by atoms with van der Waals surface area (Å²) in [6.45, 7) is 0.360. The lowest BCUT2D eigenvalue weighted by Gasteiger charge is -2.11. The molecule has 0 spiro atoms. The van der Waals surface area contributed by atoms with Gasteiger partial charge in [-0.3, -0.25) is 0 Å². The molecule has 0 aromatic heterocycles. The van der Waals surface area contributed by atoms with E-state index in [2.05, 4.69) is 0 Å². The second kappa shape index (κ2) is 6.37. The van der Waals surface area contributed by atoms with Crippen LogP contribution in [0.1, 0.15) is 16.7 Å². The SMILES string of the molecule is NCc1ccc(OCc2cccc(C(F)(F)F)c2)c(Cl)c1. The Bertz CT molecular complexity index is 629. The Morgan fingerprint density at radius 2 is 1.81 bits per heavy atom. The summed E-state index contributed by atoms with van der Waals surface area (Å²) in [5.41, 5.74) is 6.06. The van der Waals surface area contributed by atoms with Gasteiger partial charge in [-0.05, 0) is 35.4 Å². The van der Waals surface area contributed by atoms with Crippen LogP contribution in [-0.2, 0) is 19.3 Å². The molecule has 2 N–H and O–H groups in total. The van der Waals surface area contributed by atoms with Gasteiger partial charge in [0.2, 0.25) is 0 Å². The van der Waals surface area contributed by atoms with Gasteiger partial charge in [-0.1, -0.05) is 29.8 Å². The highest BCUT2D eigenvalue weighted by Gasteiger charge is 2.30. The molecule has 0 saturated carbocycles. The molecule has 6 heteroatoms. The summed E-state index contributed by atoms with van der Waals surface area (Å²) >= 11 is 6.02. The van der Waals surface area contributed by atoms with Crippen molar-refractivity contribution in [1.29, 1.82) is 0 Å². The number of alkyl halides is 3. The number of benzene rings is 2. The molecule has 2 aromatic carbocycles. The Hall–Kier alpha value is -1.72. The predicted octanol–water partition coefficient (Wildman–Crippen LogP) is 4.40. The zero-order valence-corrected chi connectivity index (χ0v) is 11.7. The topological polar surface area (TPSA) is 35.2 Å². The molecule has 112 valence electrons. The first-order chi connectivity index (χ1) is 9.90. The molecule has 21 heavy (non-hydrogen) atoms. The van der Waals surface area contributed by atoms with Gasteiger partial charge in [0.15, 0.2) is 0 Å². The fraction of sp³-hybridized carbons (Fsp3) is 0.200. The van der Waals surface area contributed by atoms with E-state index < -0.39 is 11.7 Å². The van der Waals surface area contributed by atoms with Gasteiger partial charge in [-0.25, -0.2) is 0 Å². The smallest absolute Gasteiger partial charge is 0.416 e. The lowest BCUT2D eigenvalue weighted by Crippen LogP contribution is -2.06. The maximum atomic E-state index is 12.6. The summed E-state index contributed by atoms with van der Waals surface area (Å²) in [7, 11) is 0. The number of hydrogen-bond donors (Lipinski definition) is 1. The fourth-order valence-electron chi connectivity index (χ4n) is 1.79. The van der Waals surface area contributed by atoms with Crippen molar-refractivity contribution in [2.45, 2.75) is 19.3 Å². The minimum Gasteiger partial charge on any atom is -0.487 e. The maximum Gasteiger partial charge on any atom is 0.416 e. The third-order valence-electron chi connectivity index (χ3n) is 2.88. The van der Waals surface area contributed by atoms with Crippen LogP contribution >= 0.6 is 11.6 Å². The lowest BCUT2D eigenvalue weighted by molar-refractivity contribution is -0.137. The molecular weight excluding hydrogens is 303 g/mol. The highest BCUT2D eigenvalue weighted by atomic mass is 35.5. The van der Waals surface area contributed by atoms with E-state index >= 15 is 0 Å². The van der Waals surface area contributed by atoms with Gasteiger partial charge < -0.3 is 10.5 Å². The molecule has 2 aromatic rings. The van der Waals surface area contributed by atoms with Crippen molar-refractivity contribution in [2.75, 3.05) is 0 Å². The molecule has 0 atom stereocenters. The van der Waals surface area contributed by atoms with E-state index in [1.807, 2.05) is 0 Å². The first-order valence-corrected chi connectivity index (χ1v) is 6.55. The highest BCUT2D eigenvalue weighted by Crippen LogP contribution is 2.30. The van der Waals surface area contributed by atoms with Crippen LogP contribution in [-0.4, -0.2) is 0 Å². The largest absolute Gasteiger partial charge is 0.487 e. The highest BCUT2D eigenvalue weighted by molar-refractivity contribution is 6.32. The van der Waals surface area contributed by atoms with Crippen LogP contribution < -0.4 is 10.5 Å². The average molecular weight is 316 g/mol. The molecule has 0 radical (unpaired) electrons. The Morgan fingerprint density at radius 1 is 1.05 bits per heavy atom. The van der Waals surface area contributed by atoms with Crippen molar-refractivity contribution in [3.05, 3.63) is 64.2 Å². The van der Waals surface area contributed by atoms with Crippen molar-refractivity contribution in [3.63, 3.8) is 0 Å². The summed E-state index contributed by atoms with van der Waals surface area (Å²) in [6.07, 6.45) is -4.36. The van der Waals surface area contributed by atoms with Crippen LogP contribution in [0.2, 0.25) is 5.02 Å². The minimum atomic E-state index is -4.36. The first-order valence-electron chi connectivity index (χ1n) is 6.17. The molecule has 0 heterocycles. The Labute approximate surface area is 125 Å². The summed E-state index contributed by atoms with van der Waals surface area (Å²) in [5, 5.41) is 0.380. The summed E-state index contributed by atoms with van der Waals surface area (Å²) in [5.74, 6) is 0.409. The second-order valence-corrected chi connectivity index (χ2v) is 4.86. The Balaban J connectivity index is 2.10. The summed E-state index contributed by atoms with van der Waals surface area (Å²) in [6, 6.07) is 10.1. The van der Waals surface area contributed by atoms with E-state index in [-0.39, 0.29) is 6.61 Å². The molecule has 0 saturated heterocycles. The van der Waals surface area contributed by atoms with Crippen molar-refractivity contribution in [3.8, 4) is 5.75 Å². The monoisotopic (exact) mass is 315 g/mol. The Kier molecular flexibility index (Phi) is 4.75. The summed E-state index contributed by atoms with van der Waals surface area (Å²) < 4.78 is 43.3. The van der Waals surface area contributed by atoms with Crippen LogP contribution in [0.4, 0.5) is 13.2 Å². The quantitative estimate of drug-likeness (QED) is 0.907. The van der Waals surface area contributed by atoms with E-state index in [0.29, 0.717) is 22.9 Å². The fourth-order valence-corrected chi connectivity index (χ4v) is 2.04. The number of rotatable bonds is 4. The standard InChI is InChI=1S/C15H13ClF3NO/c16-13-7-10(8-20)4-5-14(13)21-9-11-2-1-3-12(6-11)15(17,18)19/h1-7H,8-9,20H2.